The zero-order valence-electron chi connectivity index (χ0n) is 24.7. The van der Waals surface area contributed by atoms with E-state index in [1.807, 2.05) is 60.2 Å². The molecular weight excluding hydrogens is 546 g/mol. The highest BCUT2D eigenvalue weighted by molar-refractivity contribution is 6.32. The van der Waals surface area contributed by atoms with Gasteiger partial charge in [0.25, 0.3) is 5.91 Å². The van der Waals surface area contributed by atoms with Gasteiger partial charge in [0.15, 0.2) is 0 Å². The summed E-state index contributed by atoms with van der Waals surface area (Å²) in [6.07, 6.45) is 3.26. The van der Waals surface area contributed by atoms with E-state index in [1.54, 1.807) is 6.92 Å². The van der Waals surface area contributed by atoms with Crippen LogP contribution in [0.5, 0.6) is 5.75 Å². The van der Waals surface area contributed by atoms with E-state index in [-0.39, 0.29) is 23.9 Å². The molecule has 2 aliphatic heterocycles. The molecule has 0 saturated carbocycles. The van der Waals surface area contributed by atoms with Gasteiger partial charge >= 0.3 is 0 Å². The molecule has 0 radical (unpaired) electrons. The van der Waals surface area contributed by atoms with Crippen molar-refractivity contribution in [2.75, 3.05) is 33.3 Å². The highest BCUT2D eigenvalue weighted by atomic mass is 35.5. The van der Waals surface area contributed by atoms with Gasteiger partial charge in [0, 0.05) is 45.2 Å². The molecule has 3 aromatic rings. The summed E-state index contributed by atoms with van der Waals surface area (Å²) >= 11 is 6.26. The minimum atomic E-state index is -0.187. The molecule has 2 atom stereocenters. The summed E-state index contributed by atoms with van der Waals surface area (Å²) in [5.41, 5.74) is 6.50. The van der Waals surface area contributed by atoms with Crippen LogP contribution in [0.15, 0.2) is 78.4 Å². The molecule has 2 bridgehead atoms. The van der Waals surface area contributed by atoms with Crippen molar-refractivity contribution in [3.8, 4) is 5.75 Å². The van der Waals surface area contributed by atoms with Crippen molar-refractivity contribution in [2.45, 2.75) is 51.6 Å². The third-order valence-electron chi connectivity index (χ3n) is 8.26. The van der Waals surface area contributed by atoms with Crippen molar-refractivity contribution < 1.29 is 14.3 Å². The second-order valence-electron chi connectivity index (χ2n) is 11.5. The van der Waals surface area contributed by atoms with Gasteiger partial charge in [0.2, 0.25) is 5.91 Å². The molecular formula is C35H40ClN3O3. The van der Waals surface area contributed by atoms with Crippen LogP contribution in [0, 0.1) is 6.92 Å². The smallest absolute Gasteiger partial charge is 0.251 e. The lowest BCUT2D eigenvalue weighted by molar-refractivity contribution is -0.132. The standard InChI is InChI=1S/C35H40ClN3O3/c1-24-11-16-31(36)33(20-24)42-19-7-10-27-12-14-28(15-13-27)30-21-29-22-39(25(2)40)23-32(37-29)34(30)35(41)38(3)18-17-26-8-5-4-6-9-26/h4-6,8-9,11-16,20,29,32,37H,7,10,17-19,21-23H2,1-3H3. The number of nitrogens with one attached hydrogen (secondary N) is 1. The molecule has 1 N–H and O–H groups in total. The van der Waals surface area contributed by atoms with Crippen molar-refractivity contribution >= 4 is 29.0 Å². The van der Waals surface area contributed by atoms with Gasteiger partial charge in [0.05, 0.1) is 17.7 Å². The van der Waals surface area contributed by atoms with Crippen molar-refractivity contribution in [2.24, 2.45) is 0 Å². The lowest BCUT2D eigenvalue weighted by atomic mass is 9.82. The van der Waals surface area contributed by atoms with Crippen LogP contribution in [0.3, 0.4) is 0 Å². The Morgan fingerprint density at radius 2 is 1.74 bits per heavy atom. The molecule has 220 valence electrons. The van der Waals surface area contributed by atoms with Crippen LogP contribution in [-0.2, 0) is 22.4 Å². The van der Waals surface area contributed by atoms with Crippen LogP contribution in [0.25, 0.3) is 5.57 Å². The molecule has 3 aromatic carbocycles. The van der Waals surface area contributed by atoms with Gasteiger partial charge in [0.1, 0.15) is 5.75 Å². The lowest BCUT2D eigenvalue weighted by Gasteiger charge is -2.44. The number of fused-ring (bicyclic) bond motifs is 2. The van der Waals surface area contributed by atoms with Crippen LogP contribution in [0.4, 0.5) is 0 Å². The maximum absolute atomic E-state index is 14.0. The predicted molar refractivity (Wildman–Crippen MR) is 169 cm³/mol. The number of amides is 2. The average Bonchev–Trinajstić information content (AvgIpc) is 2.99. The molecule has 2 aliphatic rings. The van der Waals surface area contributed by atoms with E-state index >= 15 is 0 Å². The molecule has 42 heavy (non-hydrogen) atoms. The third kappa shape index (κ3) is 7.23. The molecule has 0 spiro atoms. The summed E-state index contributed by atoms with van der Waals surface area (Å²) in [7, 11) is 1.88. The number of ether oxygens (including phenoxy) is 1. The molecule has 1 saturated heterocycles. The number of halogens is 1. The Bertz CT molecular complexity index is 1440. The SMILES string of the molecule is CC(=O)N1CC2CC(c3ccc(CCCOc4cc(C)ccc4Cl)cc3)=C(C(=O)N(C)CCc3ccccc3)C(C1)N2. The first kappa shape index (κ1) is 29.9. The molecule has 1 fully saturated rings. The average molecular weight is 586 g/mol. The summed E-state index contributed by atoms with van der Waals surface area (Å²) in [6, 6.07) is 24.6. The molecule has 0 aromatic heterocycles. The zero-order valence-corrected chi connectivity index (χ0v) is 25.5. The Kier molecular flexibility index (Phi) is 9.65. The van der Waals surface area contributed by atoms with E-state index in [0.29, 0.717) is 37.7 Å². The Morgan fingerprint density at radius 1 is 1.00 bits per heavy atom. The fraction of sp³-hybridized carbons (Fsp3) is 0.371. The van der Waals surface area contributed by atoms with Gasteiger partial charge in [-0.3, -0.25) is 9.59 Å². The van der Waals surface area contributed by atoms with Crippen LogP contribution in [-0.4, -0.2) is 67.0 Å². The number of piperazine rings is 1. The fourth-order valence-corrected chi connectivity index (χ4v) is 6.10. The van der Waals surface area contributed by atoms with Crippen molar-refractivity contribution in [3.05, 3.63) is 106 Å². The quantitative estimate of drug-likeness (QED) is 0.310. The topological polar surface area (TPSA) is 61.9 Å². The van der Waals surface area contributed by atoms with Gasteiger partial charge < -0.3 is 19.9 Å². The van der Waals surface area contributed by atoms with Gasteiger partial charge in [-0.15, -0.1) is 0 Å². The molecule has 5 rings (SSSR count). The van der Waals surface area contributed by atoms with E-state index in [1.165, 1.54) is 11.1 Å². The van der Waals surface area contributed by atoms with E-state index in [9.17, 15) is 9.59 Å². The first-order valence-corrected chi connectivity index (χ1v) is 15.2. The minimum Gasteiger partial charge on any atom is -0.492 e. The Labute approximate surface area is 254 Å². The number of likely N-dealkylation sites (N-methyl/N-ethyl adjacent to an activating group) is 1. The summed E-state index contributed by atoms with van der Waals surface area (Å²) in [6.45, 7) is 6.01. The number of carbonyl (C=O) groups is 2. The second kappa shape index (κ2) is 13.6. The Hall–Kier alpha value is -3.61. The van der Waals surface area contributed by atoms with E-state index in [2.05, 4.69) is 41.7 Å². The van der Waals surface area contributed by atoms with Crippen LogP contribution in [0.1, 0.15) is 42.0 Å². The molecule has 2 unspecified atom stereocenters. The highest BCUT2D eigenvalue weighted by Gasteiger charge is 2.39. The zero-order chi connectivity index (χ0) is 29.6. The monoisotopic (exact) mass is 585 g/mol. The third-order valence-corrected chi connectivity index (χ3v) is 8.57. The number of hydrogen-bond acceptors (Lipinski definition) is 4. The first-order chi connectivity index (χ1) is 20.3. The Morgan fingerprint density at radius 3 is 2.48 bits per heavy atom. The molecule has 0 aliphatic carbocycles. The Balaban J connectivity index is 1.30. The summed E-state index contributed by atoms with van der Waals surface area (Å²) in [5, 5.41) is 4.27. The normalized spacial score (nSPS) is 18.1. The summed E-state index contributed by atoms with van der Waals surface area (Å²) in [5.74, 6) is 0.806. The molecule has 7 heteroatoms. The molecule has 6 nitrogen and oxygen atoms in total. The highest BCUT2D eigenvalue weighted by Crippen LogP contribution is 2.34. The summed E-state index contributed by atoms with van der Waals surface area (Å²) in [4.78, 5) is 30.0. The van der Waals surface area contributed by atoms with Crippen molar-refractivity contribution in [1.29, 1.82) is 0 Å². The van der Waals surface area contributed by atoms with Gasteiger partial charge in [-0.1, -0.05) is 72.3 Å². The largest absolute Gasteiger partial charge is 0.492 e. The lowest BCUT2D eigenvalue weighted by Crippen LogP contribution is -2.61. The number of carbonyl (C=O) groups excluding carboxylic acids is 2. The molecule has 2 amide bonds. The molecule has 2 heterocycles. The van der Waals surface area contributed by atoms with Crippen LogP contribution in [0.2, 0.25) is 5.02 Å². The second-order valence-corrected chi connectivity index (χ2v) is 11.9. The number of nitrogens with zero attached hydrogens (tertiary/aromatic N) is 2. The van der Waals surface area contributed by atoms with Gasteiger partial charge in [-0.25, -0.2) is 0 Å². The first-order valence-electron chi connectivity index (χ1n) is 14.8. The van der Waals surface area contributed by atoms with E-state index < -0.39 is 0 Å². The fourth-order valence-electron chi connectivity index (χ4n) is 5.93. The van der Waals surface area contributed by atoms with Crippen LogP contribution < -0.4 is 10.1 Å². The summed E-state index contributed by atoms with van der Waals surface area (Å²) < 4.78 is 5.92. The maximum Gasteiger partial charge on any atom is 0.251 e. The van der Waals surface area contributed by atoms with Gasteiger partial charge in [-0.05, 0) is 72.6 Å². The van der Waals surface area contributed by atoms with E-state index in [4.69, 9.17) is 16.3 Å². The number of rotatable bonds is 10. The predicted octanol–water partition coefficient (Wildman–Crippen LogP) is 5.71. The van der Waals surface area contributed by atoms with Crippen molar-refractivity contribution in [3.63, 3.8) is 0 Å². The number of hydrogen-bond donors (Lipinski definition) is 1. The van der Waals surface area contributed by atoms with Gasteiger partial charge in [-0.2, -0.15) is 0 Å². The number of benzene rings is 3. The maximum atomic E-state index is 14.0. The van der Waals surface area contributed by atoms with E-state index in [0.717, 1.165) is 47.3 Å². The number of aryl methyl sites for hydroxylation is 2. The van der Waals surface area contributed by atoms with Crippen LogP contribution >= 0.6 is 11.6 Å². The minimum absolute atomic E-state index is 0.0262. The van der Waals surface area contributed by atoms with Crippen molar-refractivity contribution in [1.82, 2.24) is 15.1 Å².